The van der Waals surface area contributed by atoms with E-state index in [0.29, 0.717) is 12.3 Å². The van der Waals surface area contributed by atoms with Gasteiger partial charge in [0.2, 0.25) is 0 Å². The van der Waals surface area contributed by atoms with Crippen LogP contribution in [0.5, 0.6) is 0 Å². The van der Waals surface area contributed by atoms with Crippen LogP contribution in [0.1, 0.15) is 46.8 Å². The van der Waals surface area contributed by atoms with Crippen molar-refractivity contribution < 1.29 is 4.79 Å². The third-order valence-corrected chi connectivity index (χ3v) is 4.81. The van der Waals surface area contributed by atoms with Crippen molar-refractivity contribution in [3.8, 4) is 0 Å². The van der Waals surface area contributed by atoms with Crippen molar-refractivity contribution in [1.82, 2.24) is 0 Å². The van der Waals surface area contributed by atoms with Crippen molar-refractivity contribution >= 4 is 28.7 Å². The predicted octanol–water partition coefficient (Wildman–Crippen LogP) is 3.78. The van der Waals surface area contributed by atoms with Gasteiger partial charge in [-0.2, -0.15) is 0 Å². The van der Waals surface area contributed by atoms with Gasteiger partial charge in [0.25, 0.3) is 0 Å². The van der Waals surface area contributed by atoms with E-state index in [1.165, 1.54) is 16.9 Å². The molecule has 1 aliphatic rings. The first-order valence-corrected chi connectivity index (χ1v) is 6.62. The molecule has 1 heterocycles. The van der Waals surface area contributed by atoms with Crippen LogP contribution in [-0.4, -0.2) is 11.7 Å². The Balaban J connectivity index is 2.29. The zero-order chi connectivity index (χ0) is 11.1. The van der Waals surface area contributed by atoms with Crippen molar-refractivity contribution in [3.63, 3.8) is 0 Å². The highest BCUT2D eigenvalue weighted by atomic mass is 35.5. The van der Waals surface area contributed by atoms with E-state index in [4.69, 9.17) is 11.6 Å². The number of halogens is 1. The predicted molar refractivity (Wildman–Crippen MR) is 65.3 cm³/mol. The molecule has 1 aromatic rings. The van der Waals surface area contributed by atoms with Crippen LogP contribution in [0, 0.1) is 0 Å². The molecule has 0 aliphatic heterocycles. The average Bonchev–Trinajstić information content (AvgIpc) is 2.68. The molecule has 15 heavy (non-hydrogen) atoms. The summed E-state index contributed by atoms with van der Waals surface area (Å²) in [5, 5.41) is 0. The standard InChI is InChI=1S/C12H15ClOS/c1-12(2)5-3-8-7-10(15-11(8)12)9(14)4-6-13/h7H,3-6H2,1-2H3. The van der Waals surface area contributed by atoms with Gasteiger partial charge >= 0.3 is 0 Å². The van der Waals surface area contributed by atoms with Gasteiger partial charge in [0.15, 0.2) is 5.78 Å². The Morgan fingerprint density at radius 3 is 2.93 bits per heavy atom. The molecule has 3 heteroatoms. The lowest BCUT2D eigenvalue weighted by Crippen LogP contribution is -2.10. The van der Waals surface area contributed by atoms with Crippen molar-refractivity contribution in [3.05, 3.63) is 21.4 Å². The fourth-order valence-corrected chi connectivity index (χ4v) is 3.57. The Kier molecular flexibility index (Phi) is 2.91. The van der Waals surface area contributed by atoms with E-state index in [9.17, 15) is 4.79 Å². The lowest BCUT2D eigenvalue weighted by atomic mass is 9.93. The quantitative estimate of drug-likeness (QED) is 0.582. The number of ketones is 1. The van der Waals surface area contributed by atoms with Crippen molar-refractivity contribution in [2.75, 3.05) is 5.88 Å². The molecule has 0 atom stereocenters. The second kappa shape index (κ2) is 3.91. The number of alkyl halides is 1. The second-order valence-corrected chi connectivity index (χ2v) is 6.14. The van der Waals surface area contributed by atoms with E-state index in [0.717, 1.165) is 11.3 Å². The molecule has 1 nitrogen and oxygen atoms in total. The molecule has 0 saturated carbocycles. The minimum atomic E-state index is 0.195. The highest BCUT2D eigenvalue weighted by Crippen LogP contribution is 2.43. The van der Waals surface area contributed by atoms with Gasteiger partial charge in [-0.15, -0.1) is 22.9 Å². The van der Waals surface area contributed by atoms with Gasteiger partial charge in [-0.1, -0.05) is 13.8 Å². The highest BCUT2D eigenvalue weighted by molar-refractivity contribution is 7.14. The lowest BCUT2D eigenvalue weighted by molar-refractivity contribution is 0.0993. The fraction of sp³-hybridized carbons (Fsp3) is 0.583. The lowest BCUT2D eigenvalue weighted by Gasteiger charge is -2.16. The monoisotopic (exact) mass is 242 g/mol. The number of Topliss-reactive ketones (excluding diaryl/α,β-unsaturated/α-hetero) is 1. The topological polar surface area (TPSA) is 17.1 Å². The Hall–Kier alpha value is -0.340. The number of fused-ring (bicyclic) bond motifs is 1. The third-order valence-electron chi connectivity index (χ3n) is 3.04. The van der Waals surface area contributed by atoms with Crippen LogP contribution in [-0.2, 0) is 11.8 Å². The molecule has 82 valence electrons. The molecular formula is C12H15ClOS. The molecule has 0 aromatic carbocycles. The Labute approximate surface area is 99.5 Å². The van der Waals surface area contributed by atoms with Crippen molar-refractivity contribution in [2.24, 2.45) is 0 Å². The summed E-state index contributed by atoms with van der Waals surface area (Å²) in [4.78, 5) is 14.0. The molecule has 0 N–H and O–H groups in total. The average molecular weight is 243 g/mol. The van der Waals surface area contributed by atoms with Gasteiger partial charge < -0.3 is 0 Å². The number of carbonyl (C=O) groups is 1. The Morgan fingerprint density at radius 1 is 1.60 bits per heavy atom. The van der Waals surface area contributed by atoms with Crippen molar-refractivity contribution in [2.45, 2.75) is 38.5 Å². The normalized spacial score (nSPS) is 17.8. The number of hydrogen-bond donors (Lipinski definition) is 0. The molecular weight excluding hydrogens is 228 g/mol. The number of thiophene rings is 1. The van der Waals surface area contributed by atoms with Crippen LogP contribution in [0.4, 0.5) is 0 Å². The summed E-state index contributed by atoms with van der Waals surface area (Å²) in [7, 11) is 0. The van der Waals surface area contributed by atoms with Gasteiger partial charge in [0.1, 0.15) is 0 Å². The molecule has 1 aromatic heterocycles. The zero-order valence-corrected chi connectivity index (χ0v) is 10.7. The molecule has 0 bridgehead atoms. The highest BCUT2D eigenvalue weighted by Gasteiger charge is 2.32. The van der Waals surface area contributed by atoms with Crippen LogP contribution < -0.4 is 0 Å². The molecule has 0 saturated heterocycles. The van der Waals surface area contributed by atoms with Crippen molar-refractivity contribution in [1.29, 1.82) is 0 Å². The molecule has 0 amide bonds. The number of aryl methyl sites for hydroxylation is 1. The maximum Gasteiger partial charge on any atom is 0.173 e. The summed E-state index contributed by atoms with van der Waals surface area (Å²) >= 11 is 7.25. The summed E-state index contributed by atoms with van der Waals surface area (Å²) in [6, 6.07) is 2.07. The fourth-order valence-electron chi connectivity index (χ4n) is 2.09. The number of carbonyl (C=O) groups excluding carboxylic acids is 1. The van der Waals surface area contributed by atoms with Crippen LogP contribution in [0.2, 0.25) is 0 Å². The van der Waals surface area contributed by atoms with E-state index in [1.54, 1.807) is 11.3 Å². The van der Waals surface area contributed by atoms with Crippen LogP contribution in [0.25, 0.3) is 0 Å². The number of hydrogen-bond acceptors (Lipinski definition) is 2. The van der Waals surface area contributed by atoms with Gasteiger partial charge in [-0.3, -0.25) is 4.79 Å². The zero-order valence-electron chi connectivity index (χ0n) is 9.10. The molecule has 0 radical (unpaired) electrons. The summed E-state index contributed by atoms with van der Waals surface area (Å²) in [6.45, 7) is 4.51. The van der Waals surface area contributed by atoms with Gasteiger partial charge in [-0.05, 0) is 29.9 Å². The van der Waals surface area contributed by atoms with Crippen LogP contribution >= 0.6 is 22.9 Å². The van der Waals surface area contributed by atoms with Gasteiger partial charge in [0, 0.05) is 17.2 Å². The van der Waals surface area contributed by atoms with Crippen LogP contribution in [0.15, 0.2) is 6.07 Å². The van der Waals surface area contributed by atoms with E-state index in [-0.39, 0.29) is 11.2 Å². The summed E-state index contributed by atoms with van der Waals surface area (Å²) < 4.78 is 0. The SMILES string of the molecule is CC1(C)CCc2cc(C(=O)CCCl)sc21. The molecule has 1 aliphatic carbocycles. The first-order chi connectivity index (χ1) is 7.04. The maximum atomic E-state index is 11.7. The maximum absolute atomic E-state index is 11.7. The van der Waals surface area contributed by atoms with Gasteiger partial charge in [-0.25, -0.2) is 0 Å². The number of rotatable bonds is 3. The van der Waals surface area contributed by atoms with E-state index < -0.39 is 0 Å². The summed E-state index contributed by atoms with van der Waals surface area (Å²) in [5.74, 6) is 0.616. The van der Waals surface area contributed by atoms with Crippen LogP contribution in [0.3, 0.4) is 0 Å². The van der Waals surface area contributed by atoms with E-state index in [2.05, 4.69) is 19.9 Å². The Morgan fingerprint density at radius 2 is 2.33 bits per heavy atom. The van der Waals surface area contributed by atoms with E-state index >= 15 is 0 Å². The molecule has 0 unspecified atom stereocenters. The van der Waals surface area contributed by atoms with E-state index in [1.807, 2.05) is 0 Å². The summed E-state index contributed by atoms with van der Waals surface area (Å²) in [5.41, 5.74) is 1.64. The largest absolute Gasteiger partial charge is 0.293 e. The first kappa shape index (κ1) is 11.2. The minimum Gasteiger partial charge on any atom is -0.293 e. The second-order valence-electron chi connectivity index (χ2n) is 4.71. The molecule has 0 fully saturated rings. The smallest absolute Gasteiger partial charge is 0.173 e. The molecule has 0 spiro atoms. The molecule has 2 rings (SSSR count). The van der Waals surface area contributed by atoms with Gasteiger partial charge in [0.05, 0.1) is 4.88 Å². The Bertz CT molecular complexity index is 392. The summed E-state index contributed by atoms with van der Waals surface area (Å²) in [6.07, 6.45) is 2.78. The first-order valence-electron chi connectivity index (χ1n) is 5.27. The minimum absolute atomic E-state index is 0.195. The third kappa shape index (κ3) is 1.98.